The number of esters is 2. The monoisotopic (exact) mass is 304 g/mol. The maximum Gasteiger partial charge on any atom is 0.333 e. The second-order valence-corrected chi connectivity index (χ2v) is 4.42. The molecular formula is C17H20O5. The van der Waals surface area contributed by atoms with Gasteiger partial charge in [0.1, 0.15) is 19.0 Å². The zero-order chi connectivity index (χ0) is 16.4. The number of hydrogen-bond donors (Lipinski definition) is 0. The molecule has 0 amide bonds. The molecule has 5 nitrogen and oxygen atoms in total. The van der Waals surface area contributed by atoms with Crippen molar-refractivity contribution in [2.75, 3.05) is 19.8 Å². The normalized spacial score (nSPS) is 10.3. The Bertz CT molecular complexity index is 543. The highest BCUT2D eigenvalue weighted by atomic mass is 16.6. The molecule has 0 aliphatic carbocycles. The maximum absolute atomic E-state index is 11.2. The third-order valence-electron chi connectivity index (χ3n) is 2.51. The molecule has 1 aromatic carbocycles. The Hall–Kier alpha value is -2.56. The zero-order valence-electron chi connectivity index (χ0n) is 12.8. The molecule has 0 bridgehead atoms. The van der Waals surface area contributed by atoms with Crippen LogP contribution in [-0.2, 0) is 19.1 Å². The highest BCUT2D eigenvalue weighted by molar-refractivity contribution is 5.87. The summed E-state index contributed by atoms with van der Waals surface area (Å²) in [5, 5.41) is 0. The van der Waals surface area contributed by atoms with E-state index in [0.717, 1.165) is 5.56 Å². The predicted molar refractivity (Wildman–Crippen MR) is 83.4 cm³/mol. The molecule has 22 heavy (non-hydrogen) atoms. The molecule has 0 N–H and O–H groups in total. The fraction of sp³-hybridized carbons (Fsp3) is 0.294. The lowest BCUT2D eigenvalue weighted by Crippen LogP contribution is -2.12. The first-order valence-electron chi connectivity index (χ1n) is 6.93. The van der Waals surface area contributed by atoms with Crippen LogP contribution in [0.2, 0.25) is 0 Å². The van der Waals surface area contributed by atoms with Crippen molar-refractivity contribution in [1.29, 1.82) is 0 Å². The predicted octanol–water partition coefficient (Wildman–Crippen LogP) is 2.76. The average molecular weight is 304 g/mol. The van der Waals surface area contributed by atoms with E-state index in [-0.39, 0.29) is 19.2 Å². The van der Waals surface area contributed by atoms with Crippen LogP contribution in [0, 0.1) is 0 Å². The molecule has 0 aliphatic rings. The van der Waals surface area contributed by atoms with Crippen molar-refractivity contribution in [2.45, 2.75) is 13.8 Å². The number of ether oxygens (including phenoxy) is 3. The van der Waals surface area contributed by atoms with Crippen LogP contribution in [0.3, 0.4) is 0 Å². The van der Waals surface area contributed by atoms with Crippen LogP contribution in [-0.4, -0.2) is 31.8 Å². The average Bonchev–Trinajstić information content (AvgIpc) is 2.50. The molecule has 0 aromatic heterocycles. The Labute approximate surface area is 130 Å². The molecule has 0 atom stereocenters. The fourth-order valence-electron chi connectivity index (χ4n) is 1.45. The molecule has 0 unspecified atom stereocenters. The van der Waals surface area contributed by atoms with E-state index in [9.17, 15) is 9.59 Å². The SMILES string of the molecule is C=C(C)C(=O)OCCOc1ccc(/C=C/C(=O)OCC)cc1. The molecule has 118 valence electrons. The summed E-state index contributed by atoms with van der Waals surface area (Å²) in [4.78, 5) is 22.3. The first-order valence-corrected chi connectivity index (χ1v) is 6.93. The summed E-state index contributed by atoms with van der Waals surface area (Å²) in [6, 6.07) is 7.16. The van der Waals surface area contributed by atoms with E-state index < -0.39 is 5.97 Å². The number of carbonyl (C=O) groups excluding carboxylic acids is 2. The fourth-order valence-corrected chi connectivity index (χ4v) is 1.45. The van der Waals surface area contributed by atoms with Gasteiger partial charge in [0.2, 0.25) is 0 Å². The Balaban J connectivity index is 2.37. The van der Waals surface area contributed by atoms with Crippen molar-refractivity contribution in [1.82, 2.24) is 0 Å². The van der Waals surface area contributed by atoms with E-state index in [0.29, 0.717) is 17.9 Å². The Kier molecular flexibility index (Phi) is 7.47. The van der Waals surface area contributed by atoms with Crippen molar-refractivity contribution in [3.05, 3.63) is 48.1 Å². The van der Waals surface area contributed by atoms with E-state index in [4.69, 9.17) is 14.2 Å². The van der Waals surface area contributed by atoms with Gasteiger partial charge in [-0.15, -0.1) is 0 Å². The van der Waals surface area contributed by atoms with Crippen molar-refractivity contribution < 1.29 is 23.8 Å². The lowest BCUT2D eigenvalue weighted by Gasteiger charge is -2.07. The summed E-state index contributed by atoms with van der Waals surface area (Å²) in [5.74, 6) is -0.148. The second-order valence-electron chi connectivity index (χ2n) is 4.42. The molecule has 0 spiro atoms. The molecule has 5 heteroatoms. The van der Waals surface area contributed by atoms with Gasteiger partial charge in [0.25, 0.3) is 0 Å². The summed E-state index contributed by atoms with van der Waals surface area (Å²) in [6.45, 7) is 7.61. The summed E-state index contributed by atoms with van der Waals surface area (Å²) >= 11 is 0. The highest BCUT2D eigenvalue weighted by Crippen LogP contribution is 2.13. The van der Waals surface area contributed by atoms with Crippen LogP contribution in [0.5, 0.6) is 5.75 Å². The topological polar surface area (TPSA) is 61.8 Å². The van der Waals surface area contributed by atoms with E-state index in [2.05, 4.69) is 6.58 Å². The summed E-state index contributed by atoms with van der Waals surface area (Å²) in [7, 11) is 0. The summed E-state index contributed by atoms with van der Waals surface area (Å²) in [6.07, 6.45) is 3.03. The van der Waals surface area contributed by atoms with Gasteiger partial charge in [-0.3, -0.25) is 0 Å². The Morgan fingerprint density at radius 2 is 1.82 bits per heavy atom. The van der Waals surface area contributed by atoms with Gasteiger partial charge in [0.15, 0.2) is 0 Å². The second kappa shape index (κ2) is 9.39. The van der Waals surface area contributed by atoms with Crippen LogP contribution < -0.4 is 4.74 Å². The van der Waals surface area contributed by atoms with Gasteiger partial charge >= 0.3 is 11.9 Å². The number of hydrogen-bond acceptors (Lipinski definition) is 5. The molecule has 0 fully saturated rings. The quantitative estimate of drug-likeness (QED) is 0.420. The molecule has 0 aliphatic heterocycles. The first-order chi connectivity index (χ1) is 10.5. The van der Waals surface area contributed by atoms with E-state index in [1.165, 1.54) is 6.08 Å². The van der Waals surface area contributed by atoms with E-state index in [1.54, 1.807) is 32.1 Å². The smallest absolute Gasteiger partial charge is 0.333 e. The molecule has 0 saturated heterocycles. The molecule has 0 saturated carbocycles. The summed E-state index contributed by atoms with van der Waals surface area (Å²) in [5.41, 5.74) is 1.21. The van der Waals surface area contributed by atoms with E-state index >= 15 is 0 Å². The van der Waals surface area contributed by atoms with Gasteiger partial charge in [0.05, 0.1) is 6.61 Å². The van der Waals surface area contributed by atoms with Crippen LogP contribution >= 0.6 is 0 Å². The lowest BCUT2D eigenvalue weighted by atomic mass is 10.2. The molecule has 0 heterocycles. The Morgan fingerprint density at radius 1 is 1.14 bits per heavy atom. The highest BCUT2D eigenvalue weighted by Gasteiger charge is 2.02. The number of benzene rings is 1. The van der Waals surface area contributed by atoms with E-state index in [1.807, 2.05) is 12.1 Å². The largest absolute Gasteiger partial charge is 0.490 e. The third kappa shape index (κ3) is 6.74. The molecule has 1 rings (SSSR count). The standard InChI is InChI=1S/C17H20O5/c1-4-20-16(18)10-7-14-5-8-15(9-6-14)21-11-12-22-17(19)13(2)3/h5-10H,2,4,11-12H2,1,3H3/b10-7+. The molecule has 0 radical (unpaired) electrons. The number of rotatable bonds is 8. The number of carbonyl (C=O) groups is 2. The van der Waals surface area contributed by atoms with Gasteiger partial charge in [-0.25, -0.2) is 9.59 Å². The van der Waals surface area contributed by atoms with Crippen LogP contribution in [0.1, 0.15) is 19.4 Å². The zero-order valence-corrected chi connectivity index (χ0v) is 12.8. The minimum Gasteiger partial charge on any atom is -0.490 e. The van der Waals surface area contributed by atoms with Crippen molar-refractivity contribution in [2.24, 2.45) is 0 Å². The van der Waals surface area contributed by atoms with Crippen molar-refractivity contribution >= 4 is 18.0 Å². The summed E-state index contributed by atoms with van der Waals surface area (Å²) < 4.78 is 15.1. The third-order valence-corrected chi connectivity index (χ3v) is 2.51. The minimum absolute atomic E-state index is 0.163. The first kappa shape index (κ1) is 17.5. The van der Waals surface area contributed by atoms with Gasteiger partial charge < -0.3 is 14.2 Å². The molecule has 1 aromatic rings. The van der Waals surface area contributed by atoms with Crippen LogP contribution in [0.15, 0.2) is 42.5 Å². The van der Waals surface area contributed by atoms with Gasteiger partial charge in [0, 0.05) is 11.6 Å². The minimum atomic E-state index is -0.428. The van der Waals surface area contributed by atoms with Gasteiger partial charge in [-0.2, -0.15) is 0 Å². The van der Waals surface area contributed by atoms with Gasteiger partial charge in [-0.05, 0) is 37.6 Å². The van der Waals surface area contributed by atoms with Gasteiger partial charge in [-0.1, -0.05) is 18.7 Å². The van der Waals surface area contributed by atoms with Crippen LogP contribution in [0.25, 0.3) is 6.08 Å². The lowest BCUT2D eigenvalue weighted by molar-refractivity contribution is -0.139. The molecular weight excluding hydrogens is 284 g/mol. The van der Waals surface area contributed by atoms with Crippen molar-refractivity contribution in [3.63, 3.8) is 0 Å². The van der Waals surface area contributed by atoms with Crippen molar-refractivity contribution in [3.8, 4) is 5.75 Å². The maximum atomic E-state index is 11.2. The Morgan fingerprint density at radius 3 is 2.41 bits per heavy atom. The van der Waals surface area contributed by atoms with Crippen LogP contribution in [0.4, 0.5) is 0 Å².